The lowest BCUT2D eigenvalue weighted by Gasteiger charge is -2.20. The number of aliphatic hydroxyl groups excluding tert-OH is 1. The highest BCUT2D eigenvalue weighted by Gasteiger charge is 2.50. The van der Waals surface area contributed by atoms with Gasteiger partial charge in [-0.15, -0.1) is 0 Å². The highest BCUT2D eigenvalue weighted by Crippen LogP contribution is 2.44. The van der Waals surface area contributed by atoms with Crippen molar-refractivity contribution in [2.75, 3.05) is 11.5 Å². The van der Waals surface area contributed by atoms with Crippen molar-refractivity contribution < 1.29 is 33.4 Å². The number of aromatic nitrogens is 1. The Balaban J connectivity index is 1.49. The number of furan rings is 1. The summed E-state index contributed by atoms with van der Waals surface area (Å²) in [7, 11) is 0. The number of benzene rings is 2. The molecule has 1 atom stereocenters. The van der Waals surface area contributed by atoms with Gasteiger partial charge < -0.3 is 19.0 Å². The van der Waals surface area contributed by atoms with Crippen LogP contribution in [0, 0.1) is 20.8 Å². The maximum absolute atomic E-state index is 13.4. The fourth-order valence-corrected chi connectivity index (χ4v) is 5.59. The maximum atomic E-state index is 13.4. The number of aryl methyl sites for hydroxylation is 3. The second kappa shape index (κ2) is 11.9. The van der Waals surface area contributed by atoms with Crippen molar-refractivity contribution in [3.63, 3.8) is 0 Å². The summed E-state index contributed by atoms with van der Waals surface area (Å²) in [5.41, 5.74) is 2.64. The van der Waals surface area contributed by atoms with Crippen LogP contribution in [-0.2, 0) is 20.9 Å². The molecule has 1 fully saturated rings. The van der Waals surface area contributed by atoms with E-state index in [0.29, 0.717) is 29.4 Å². The second-order valence-electron chi connectivity index (χ2n) is 9.72. The van der Waals surface area contributed by atoms with Crippen LogP contribution in [0.4, 0.5) is 5.13 Å². The van der Waals surface area contributed by atoms with Gasteiger partial charge in [0, 0.05) is 5.56 Å². The Hall–Kier alpha value is -4.96. The molecule has 3 heterocycles. The topological polar surface area (TPSA) is 119 Å². The predicted octanol–water partition coefficient (Wildman–Crippen LogP) is 6.21. The van der Waals surface area contributed by atoms with Crippen molar-refractivity contribution in [1.29, 1.82) is 0 Å². The van der Waals surface area contributed by atoms with Gasteiger partial charge in [0.05, 0.1) is 11.3 Å². The molecule has 2 aromatic heterocycles. The van der Waals surface area contributed by atoms with Gasteiger partial charge in [-0.05, 0) is 62.7 Å². The normalized spacial score (nSPS) is 16.1. The predicted molar refractivity (Wildman–Crippen MR) is 158 cm³/mol. The van der Waals surface area contributed by atoms with E-state index in [1.807, 2.05) is 31.2 Å². The first-order valence-corrected chi connectivity index (χ1v) is 13.9. The first kappa shape index (κ1) is 28.6. The number of aliphatic hydroxyl groups is 1. The molecule has 0 saturated carbocycles. The van der Waals surface area contributed by atoms with Crippen LogP contribution in [0.3, 0.4) is 0 Å². The number of hydrogen-bond donors (Lipinski definition) is 1. The smallest absolute Gasteiger partial charge is 0.350 e. The summed E-state index contributed by atoms with van der Waals surface area (Å²) in [6.45, 7) is 9.26. The van der Waals surface area contributed by atoms with Crippen LogP contribution in [0.2, 0.25) is 0 Å². The van der Waals surface area contributed by atoms with Crippen molar-refractivity contribution in [3.8, 4) is 5.75 Å². The van der Waals surface area contributed by atoms with E-state index in [-0.39, 0.29) is 33.7 Å². The number of ketones is 1. The number of thiazole rings is 1. The van der Waals surface area contributed by atoms with Gasteiger partial charge in [-0.2, -0.15) is 0 Å². The quantitative estimate of drug-likeness (QED) is 0.0811. The van der Waals surface area contributed by atoms with Crippen LogP contribution in [0.5, 0.6) is 5.75 Å². The third kappa shape index (κ3) is 5.61. The summed E-state index contributed by atoms with van der Waals surface area (Å²) >= 11 is 0.913. The van der Waals surface area contributed by atoms with Crippen molar-refractivity contribution in [2.24, 2.45) is 0 Å². The number of nitrogens with zero attached hydrogens (tertiary/aromatic N) is 2. The van der Waals surface area contributed by atoms with E-state index in [9.17, 15) is 19.5 Å². The van der Waals surface area contributed by atoms with Crippen LogP contribution in [0.25, 0.3) is 5.76 Å². The van der Waals surface area contributed by atoms with E-state index in [4.69, 9.17) is 13.9 Å². The first-order valence-electron chi connectivity index (χ1n) is 13.1. The first-order chi connectivity index (χ1) is 20.2. The Morgan fingerprint density at radius 1 is 1.12 bits per heavy atom. The summed E-state index contributed by atoms with van der Waals surface area (Å²) in [4.78, 5) is 45.1. The van der Waals surface area contributed by atoms with Crippen LogP contribution >= 0.6 is 11.3 Å². The molecular weight excluding hydrogens is 556 g/mol. The molecule has 1 amide bonds. The van der Waals surface area contributed by atoms with E-state index in [1.54, 1.807) is 50.2 Å². The molecule has 1 unspecified atom stereocenters. The Labute approximate surface area is 246 Å². The van der Waals surface area contributed by atoms with Crippen LogP contribution in [0.1, 0.15) is 49.6 Å². The fourth-order valence-electron chi connectivity index (χ4n) is 4.61. The molecule has 9 nitrogen and oxygen atoms in total. The fraction of sp³-hybridized carbons (Fsp3) is 0.188. The molecule has 0 aliphatic carbocycles. The number of carbonyl (C=O) groups excluding carboxylic acids is 3. The SMILES string of the molecule is C=CCOC(=O)c1sc(N2C(=O)C(=O)C(=C(O)c3ccc(OCc4cccc(C)c4)cc3)C2c2ccc(C)o2)nc1C. The summed E-state index contributed by atoms with van der Waals surface area (Å²) in [5, 5.41) is 11.5. The number of amides is 1. The number of hydrogen-bond acceptors (Lipinski definition) is 9. The Morgan fingerprint density at radius 3 is 2.55 bits per heavy atom. The average Bonchev–Trinajstić information content (AvgIpc) is 3.65. The zero-order valence-corrected chi connectivity index (χ0v) is 24.1. The van der Waals surface area contributed by atoms with Crippen molar-refractivity contribution >= 4 is 39.9 Å². The lowest BCUT2D eigenvalue weighted by Crippen LogP contribution is -2.29. The van der Waals surface area contributed by atoms with Gasteiger partial charge in [0.1, 0.15) is 47.2 Å². The van der Waals surface area contributed by atoms with Crippen LogP contribution < -0.4 is 9.64 Å². The molecule has 5 rings (SSSR count). The van der Waals surface area contributed by atoms with Gasteiger partial charge in [0.2, 0.25) is 0 Å². The monoisotopic (exact) mass is 584 g/mol. The molecule has 2 aromatic carbocycles. The summed E-state index contributed by atoms with van der Waals surface area (Å²) in [6, 6.07) is 16.8. The molecule has 0 radical (unpaired) electrons. The molecule has 10 heteroatoms. The third-order valence-electron chi connectivity index (χ3n) is 6.60. The number of esters is 1. The average molecular weight is 585 g/mol. The van der Waals surface area contributed by atoms with E-state index in [0.717, 1.165) is 27.4 Å². The zero-order valence-electron chi connectivity index (χ0n) is 23.2. The van der Waals surface area contributed by atoms with Crippen molar-refractivity contribution in [1.82, 2.24) is 4.98 Å². The molecule has 0 bridgehead atoms. The third-order valence-corrected chi connectivity index (χ3v) is 7.74. The van der Waals surface area contributed by atoms with Gasteiger partial charge in [-0.3, -0.25) is 14.5 Å². The molecule has 214 valence electrons. The zero-order chi connectivity index (χ0) is 30.0. The molecule has 1 N–H and O–H groups in total. The molecule has 1 aliphatic rings. The van der Waals surface area contributed by atoms with E-state index < -0.39 is 23.7 Å². The highest BCUT2D eigenvalue weighted by molar-refractivity contribution is 7.17. The maximum Gasteiger partial charge on any atom is 0.350 e. The standard InChI is InChI=1S/C32H28N2O7S/c1-5-15-39-31(38)29-20(4)33-32(42-29)34-26(24-14-9-19(3)41-24)25(28(36)30(34)37)27(35)22-10-12-23(13-11-22)40-17-21-8-6-7-18(2)16-21/h5-14,16,26,35H,1,15,17H2,2-4H3. The summed E-state index contributed by atoms with van der Waals surface area (Å²) in [5.74, 6) is -1.43. The van der Waals surface area contributed by atoms with Crippen LogP contribution in [0.15, 0.2) is 83.3 Å². The minimum absolute atomic E-state index is 0.0114. The van der Waals surface area contributed by atoms with Gasteiger partial charge in [-0.25, -0.2) is 9.78 Å². The number of Topliss-reactive ketones (excluding diaryl/α,β-unsaturated/α-hetero) is 1. The van der Waals surface area contributed by atoms with Crippen molar-refractivity contribution in [2.45, 2.75) is 33.4 Å². The molecule has 1 saturated heterocycles. The summed E-state index contributed by atoms with van der Waals surface area (Å²) in [6.07, 6.45) is 1.44. The van der Waals surface area contributed by atoms with E-state index in [2.05, 4.69) is 11.6 Å². The molecule has 4 aromatic rings. The van der Waals surface area contributed by atoms with E-state index in [1.165, 1.54) is 6.08 Å². The lowest BCUT2D eigenvalue weighted by molar-refractivity contribution is -0.132. The minimum Gasteiger partial charge on any atom is -0.507 e. The number of ether oxygens (including phenoxy) is 2. The Bertz CT molecular complexity index is 1710. The largest absolute Gasteiger partial charge is 0.507 e. The van der Waals surface area contributed by atoms with Crippen LogP contribution in [-0.4, -0.2) is 34.4 Å². The molecule has 0 spiro atoms. The Kier molecular flexibility index (Phi) is 8.08. The molecular formula is C32H28N2O7S. The van der Waals surface area contributed by atoms with Gasteiger partial charge in [-0.1, -0.05) is 53.8 Å². The van der Waals surface area contributed by atoms with Gasteiger partial charge in [0.25, 0.3) is 5.78 Å². The molecule has 1 aliphatic heterocycles. The number of anilines is 1. The number of rotatable bonds is 9. The van der Waals surface area contributed by atoms with E-state index >= 15 is 0 Å². The minimum atomic E-state index is -1.11. The van der Waals surface area contributed by atoms with Crippen molar-refractivity contribution in [3.05, 3.63) is 118 Å². The summed E-state index contributed by atoms with van der Waals surface area (Å²) < 4.78 is 16.8. The lowest BCUT2D eigenvalue weighted by atomic mass is 9.99. The second-order valence-corrected chi connectivity index (χ2v) is 10.7. The van der Waals surface area contributed by atoms with Gasteiger partial charge in [0.15, 0.2) is 5.13 Å². The Morgan fingerprint density at radius 2 is 1.88 bits per heavy atom. The molecule has 42 heavy (non-hydrogen) atoms. The number of carbonyl (C=O) groups is 3. The van der Waals surface area contributed by atoms with Gasteiger partial charge >= 0.3 is 11.9 Å². The highest BCUT2D eigenvalue weighted by atomic mass is 32.1.